The molecule has 0 saturated carbocycles. The van der Waals surface area contributed by atoms with Gasteiger partial charge in [0, 0.05) is 11.6 Å². The zero-order valence-corrected chi connectivity index (χ0v) is 11.4. The van der Waals surface area contributed by atoms with Crippen molar-refractivity contribution in [2.75, 3.05) is 7.11 Å². The lowest BCUT2D eigenvalue weighted by atomic mass is 10.1. The average Bonchev–Trinajstić information content (AvgIpc) is 2.52. The molecule has 2 aromatic carbocycles. The van der Waals surface area contributed by atoms with Gasteiger partial charge in [-0.15, -0.1) is 0 Å². The van der Waals surface area contributed by atoms with Crippen LogP contribution in [0.4, 0.5) is 0 Å². The van der Waals surface area contributed by atoms with E-state index >= 15 is 0 Å². The Labute approximate surface area is 121 Å². The zero-order valence-electron chi connectivity index (χ0n) is 11.4. The Morgan fingerprint density at radius 3 is 2.48 bits per heavy atom. The number of hydrogen-bond acceptors (Lipinski definition) is 5. The maximum Gasteiger partial charge on any atom is 0.341 e. The van der Waals surface area contributed by atoms with Gasteiger partial charge in [-0.1, -0.05) is 24.3 Å². The Morgan fingerprint density at radius 1 is 1.19 bits per heavy atom. The molecule has 0 fully saturated rings. The van der Waals surface area contributed by atoms with Gasteiger partial charge in [0.05, 0.1) is 7.11 Å². The number of phenols is 1. The lowest BCUT2D eigenvalue weighted by molar-refractivity contribution is 0.0597. The number of aromatic hydroxyl groups is 1. The molecule has 108 valence electrons. The summed E-state index contributed by atoms with van der Waals surface area (Å²) in [5.74, 6) is -0.376. The van der Waals surface area contributed by atoms with Gasteiger partial charge in [0.25, 0.3) is 0 Å². The molecule has 0 atom stereocenters. The van der Waals surface area contributed by atoms with Crippen LogP contribution in [0.25, 0.3) is 0 Å². The number of carbonyl (C=O) groups excluding carboxylic acids is 2. The molecule has 1 N–H and O–H groups in total. The molecule has 0 spiro atoms. The Morgan fingerprint density at radius 2 is 1.90 bits per heavy atom. The molecular weight excluding hydrogens is 272 g/mol. The molecule has 0 unspecified atom stereocenters. The lowest BCUT2D eigenvalue weighted by Crippen LogP contribution is -2.02. The third-order valence-corrected chi connectivity index (χ3v) is 2.90. The van der Waals surface area contributed by atoms with Crippen molar-refractivity contribution in [1.29, 1.82) is 0 Å². The van der Waals surface area contributed by atoms with Crippen molar-refractivity contribution in [1.82, 2.24) is 0 Å². The van der Waals surface area contributed by atoms with Crippen molar-refractivity contribution in [3.63, 3.8) is 0 Å². The number of methoxy groups -OCH3 is 1. The van der Waals surface area contributed by atoms with E-state index in [2.05, 4.69) is 4.74 Å². The van der Waals surface area contributed by atoms with Crippen LogP contribution in [0.1, 0.15) is 26.3 Å². The highest BCUT2D eigenvalue weighted by atomic mass is 16.5. The van der Waals surface area contributed by atoms with Crippen molar-refractivity contribution in [3.8, 4) is 11.5 Å². The highest BCUT2D eigenvalue weighted by molar-refractivity contribution is 5.92. The molecule has 0 amide bonds. The Balaban J connectivity index is 2.04. The summed E-state index contributed by atoms with van der Waals surface area (Å²) in [6, 6.07) is 11.3. The number of benzene rings is 2. The number of ether oxygens (including phenoxy) is 2. The molecule has 5 nitrogen and oxygen atoms in total. The second kappa shape index (κ2) is 6.56. The fourth-order valence-electron chi connectivity index (χ4n) is 1.74. The molecule has 21 heavy (non-hydrogen) atoms. The predicted octanol–water partition coefficient (Wildman–Crippen LogP) is 2.57. The zero-order chi connectivity index (χ0) is 15.2. The molecule has 0 aliphatic carbocycles. The van der Waals surface area contributed by atoms with E-state index in [1.807, 2.05) is 0 Å². The van der Waals surface area contributed by atoms with Gasteiger partial charge in [0.15, 0.2) is 0 Å². The van der Waals surface area contributed by atoms with E-state index in [1.54, 1.807) is 30.3 Å². The van der Waals surface area contributed by atoms with Gasteiger partial charge >= 0.3 is 5.97 Å². The van der Waals surface area contributed by atoms with Gasteiger partial charge in [0.1, 0.15) is 30.0 Å². The fraction of sp³-hybridized carbons (Fsp3) is 0.125. The second-order valence-corrected chi connectivity index (χ2v) is 4.32. The summed E-state index contributed by atoms with van der Waals surface area (Å²) in [5.41, 5.74) is 1.57. The number of hydrogen-bond donors (Lipinski definition) is 1. The average molecular weight is 286 g/mol. The molecule has 0 saturated heterocycles. The largest absolute Gasteiger partial charge is 0.507 e. The summed E-state index contributed by atoms with van der Waals surface area (Å²) in [4.78, 5) is 21.9. The lowest BCUT2D eigenvalue weighted by Gasteiger charge is -2.08. The summed E-state index contributed by atoms with van der Waals surface area (Å²) < 4.78 is 10.1. The molecule has 2 aromatic rings. The van der Waals surface area contributed by atoms with Gasteiger partial charge in [-0.25, -0.2) is 4.79 Å². The first-order valence-corrected chi connectivity index (χ1v) is 6.22. The topological polar surface area (TPSA) is 72.8 Å². The smallest absolute Gasteiger partial charge is 0.341 e. The molecule has 0 aliphatic heterocycles. The first-order chi connectivity index (χ1) is 10.1. The highest BCUT2D eigenvalue weighted by Gasteiger charge is 2.12. The molecule has 0 aliphatic rings. The van der Waals surface area contributed by atoms with Crippen molar-refractivity contribution < 1.29 is 24.2 Å². The van der Waals surface area contributed by atoms with Crippen LogP contribution in [-0.4, -0.2) is 24.5 Å². The normalized spacial score (nSPS) is 9.95. The second-order valence-electron chi connectivity index (χ2n) is 4.32. The molecule has 0 radical (unpaired) electrons. The number of esters is 1. The molecule has 5 heteroatoms. The van der Waals surface area contributed by atoms with Gasteiger partial charge in [-0.05, 0) is 17.7 Å². The van der Waals surface area contributed by atoms with E-state index in [0.29, 0.717) is 11.3 Å². The number of rotatable bonds is 5. The third-order valence-electron chi connectivity index (χ3n) is 2.90. The van der Waals surface area contributed by atoms with Gasteiger partial charge in [-0.3, -0.25) is 4.79 Å². The summed E-state index contributed by atoms with van der Waals surface area (Å²) in [5, 5.41) is 9.74. The summed E-state index contributed by atoms with van der Waals surface area (Å²) in [6.45, 7) is 0.288. The minimum atomic E-state index is -0.608. The van der Waals surface area contributed by atoms with E-state index in [-0.39, 0.29) is 17.9 Å². The van der Waals surface area contributed by atoms with Crippen LogP contribution in [0.15, 0.2) is 42.5 Å². The standard InChI is InChI=1S/C16H14O5/c1-20-16(19)14-7-6-13(8-15(14)18)21-10-12-4-2-11(9-17)3-5-12/h2-9,18H,10H2,1H3. The van der Waals surface area contributed by atoms with E-state index in [0.717, 1.165) is 11.8 Å². The van der Waals surface area contributed by atoms with E-state index in [4.69, 9.17) is 4.74 Å². The van der Waals surface area contributed by atoms with Crippen LogP contribution in [0.2, 0.25) is 0 Å². The van der Waals surface area contributed by atoms with E-state index in [1.165, 1.54) is 19.2 Å². The Hall–Kier alpha value is -2.82. The fourth-order valence-corrected chi connectivity index (χ4v) is 1.74. The molecule has 0 aromatic heterocycles. The van der Waals surface area contributed by atoms with Crippen LogP contribution in [0, 0.1) is 0 Å². The predicted molar refractivity (Wildman–Crippen MR) is 75.6 cm³/mol. The molecule has 2 rings (SSSR count). The first kappa shape index (κ1) is 14.6. The number of aldehydes is 1. The Bertz CT molecular complexity index is 646. The van der Waals surface area contributed by atoms with Crippen molar-refractivity contribution in [2.24, 2.45) is 0 Å². The highest BCUT2D eigenvalue weighted by Crippen LogP contribution is 2.24. The van der Waals surface area contributed by atoms with Crippen LogP contribution >= 0.6 is 0 Å². The summed E-state index contributed by atoms with van der Waals surface area (Å²) in [7, 11) is 1.25. The maximum atomic E-state index is 11.3. The van der Waals surface area contributed by atoms with Crippen LogP contribution in [0.5, 0.6) is 11.5 Å². The van der Waals surface area contributed by atoms with Crippen molar-refractivity contribution in [2.45, 2.75) is 6.61 Å². The third kappa shape index (κ3) is 3.60. The van der Waals surface area contributed by atoms with Crippen molar-refractivity contribution in [3.05, 3.63) is 59.2 Å². The monoisotopic (exact) mass is 286 g/mol. The summed E-state index contributed by atoms with van der Waals surface area (Å²) >= 11 is 0. The van der Waals surface area contributed by atoms with E-state index < -0.39 is 5.97 Å². The van der Waals surface area contributed by atoms with Crippen molar-refractivity contribution >= 4 is 12.3 Å². The van der Waals surface area contributed by atoms with Gasteiger partial charge in [-0.2, -0.15) is 0 Å². The number of carbonyl (C=O) groups is 2. The minimum Gasteiger partial charge on any atom is -0.507 e. The van der Waals surface area contributed by atoms with Crippen LogP contribution in [0.3, 0.4) is 0 Å². The maximum absolute atomic E-state index is 11.3. The van der Waals surface area contributed by atoms with Crippen LogP contribution < -0.4 is 4.74 Å². The van der Waals surface area contributed by atoms with Gasteiger partial charge in [0.2, 0.25) is 0 Å². The quantitative estimate of drug-likeness (QED) is 0.675. The Kier molecular flexibility index (Phi) is 4.56. The summed E-state index contributed by atoms with van der Waals surface area (Å²) in [6.07, 6.45) is 0.772. The van der Waals surface area contributed by atoms with E-state index in [9.17, 15) is 14.7 Å². The van der Waals surface area contributed by atoms with Gasteiger partial charge < -0.3 is 14.6 Å². The first-order valence-electron chi connectivity index (χ1n) is 6.22. The SMILES string of the molecule is COC(=O)c1ccc(OCc2ccc(C=O)cc2)cc1O. The van der Waals surface area contributed by atoms with Crippen LogP contribution in [-0.2, 0) is 11.3 Å². The molecule has 0 heterocycles. The molecular formula is C16H14O5. The number of phenolic OH excluding ortho intramolecular Hbond substituents is 1. The minimum absolute atomic E-state index is 0.0835. The molecule has 0 bridgehead atoms.